The second kappa shape index (κ2) is 8.78. The molecule has 6 heteroatoms. The van der Waals surface area contributed by atoms with Gasteiger partial charge in [-0.25, -0.2) is 0 Å². The molecule has 3 unspecified atom stereocenters. The Labute approximate surface area is 155 Å². The highest BCUT2D eigenvalue weighted by molar-refractivity contribution is 5.23. The second-order valence-corrected chi connectivity index (χ2v) is 7.69. The van der Waals surface area contributed by atoms with E-state index in [-0.39, 0.29) is 6.61 Å². The predicted octanol–water partition coefficient (Wildman–Crippen LogP) is 0.869. The van der Waals surface area contributed by atoms with Crippen LogP contribution in [-0.4, -0.2) is 85.8 Å². The number of nitrogens with zero attached hydrogens (tertiary/aromatic N) is 2. The van der Waals surface area contributed by atoms with Crippen LogP contribution < -0.4 is 0 Å². The van der Waals surface area contributed by atoms with Gasteiger partial charge in [0.2, 0.25) is 0 Å². The summed E-state index contributed by atoms with van der Waals surface area (Å²) >= 11 is 0. The van der Waals surface area contributed by atoms with Crippen molar-refractivity contribution in [1.29, 1.82) is 0 Å². The highest BCUT2D eigenvalue weighted by Crippen LogP contribution is 2.19. The van der Waals surface area contributed by atoms with Crippen LogP contribution in [0.3, 0.4) is 0 Å². The maximum absolute atomic E-state index is 9.14. The van der Waals surface area contributed by atoms with E-state index in [1.807, 2.05) is 0 Å². The Morgan fingerprint density at radius 3 is 1.85 bits per heavy atom. The number of aliphatic hydroxyl groups excluding tert-OH is 1. The second-order valence-electron chi connectivity index (χ2n) is 7.69. The molecule has 4 rings (SSSR count). The van der Waals surface area contributed by atoms with Gasteiger partial charge in [0, 0.05) is 45.9 Å². The number of rotatable bonds is 13. The van der Waals surface area contributed by atoms with Gasteiger partial charge in [0.15, 0.2) is 0 Å². The first-order chi connectivity index (χ1) is 12.8. The molecule has 0 aromatic heterocycles. The molecule has 3 fully saturated rings. The zero-order chi connectivity index (χ0) is 17.8. The quantitative estimate of drug-likeness (QED) is 0.526. The lowest BCUT2D eigenvalue weighted by atomic mass is 10.1. The first-order valence-corrected chi connectivity index (χ1v) is 9.76. The number of hydrogen-bond acceptors (Lipinski definition) is 6. The van der Waals surface area contributed by atoms with Gasteiger partial charge in [-0.2, -0.15) is 0 Å². The van der Waals surface area contributed by atoms with Crippen molar-refractivity contribution in [2.75, 3.05) is 52.6 Å². The van der Waals surface area contributed by atoms with Crippen molar-refractivity contribution in [3.05, 3.63) is 35.4 Å². The third kappa shape index (κ3) is 6.30. The van der Waals surface area contributed by atoms with Gasteiger partial charge in [0.05, 0.1) is 38.1 Å². The van der Waals surface area contributed by atoms with E-state index in [0.717, 1.165) is 65.5 Å². The fraction of sp³-hybridized carbons (Fsp3) is 0.700. The Balaban J connectivity index is 1.34. The van der Waals surface area contributed by atoms with Crippen LogP contribution in [0.1, 0.15) is 17.5 Å². The average Bonchev–Trinajstić information content (AvgIpc) is 3.45. The Morgan fingerprint density at radius 2 is 1.35 bits per heavy atom. The van der Waals surface area contributed by atoms with E-state index in [1.54, 1.807) is 0 Å². The van der Waals surface area contributed by atoms with Crippen LogP contribution in [0.4, 0.5) is 0 Å². The van der Waals surface area contributed by atoms with Gasteiger partial charge >= 0.3 is 0 Å². The molecule has 1 aromatic carbocycles. The summed E-state index contributed by atoms with van der Waals surface area (Å²) in [5.41, 5.74) is 2.67. The lowest BCUT2D eigenvalue weighted by Crippen LogP contribution is -2.31. The molecule has 3 heterocycles. The first kappa shape index (κ1) is 18.3. The summed E-state index contributed by atoms with van der Waals surface area (Å²) in [5.74, 6) is 0. The molecule has 26 heavy (non-hydrogen) atoms. The molecule has 0 bridgehead atoms. The van der Waals surface area contributed by atoms with Gasteiger partial charge in [0.1, 0.15) is 0 Å². The Hall–Kier alpha value is -1.02. The third-order valence-electron chi connectivity index (χ3n) is 5.03. The fourth-order valence-corrected chi connectivity index (χ4v) is 3.46. The maximum Gasteiger partial charge on any atom is 0.0936 e. The zero-order valence-electron chi connectivity index (χ0n) is 15.4. The Bertz CT molecular complexity index is 559. The van der Waals surface area contributed by atoms with Crippen molar-refractivity contribution in [2.24, 2.45) is 0 Å². The number of aliphatic hydroxyl groups is 1. The molecule has 6 nitrogen and oxygen atoms in total. The zero-order valence-corrected chi connectivity index (χ0v) is 15.4. The first-order valence-electron chi connectivity index (χ1n) is 9.76. The average molecular weight is 362 g/mol. The molecule has 0 radical (unpaired) electrons. The van der Waals surface area contributed by atoms with Crippen LogP contribution in [0.15, 0.2) is 24.3 Å². The Kier molecular flexibility index (Phi) is 6.20. The molecular weight excluding hydrogens is 332 g/mol. The lowest BCUT2D eigenvalue weighted by molar-refractivity contribution is 0.202. The topological polar surface area (TPSA) is 64.3 Å². The minimum atomic E-state index is 0.240. The normalized spacial score (nSPS) is 26.5. The monoisotopic (exact) mass is 362 g/mol. The van der Waals surface area contributed by atoms with Gasteiger partial charge in [-0.05, 0) is 17.5 Å². The number of epoxide rings is 3. The number of benzene rings is 1. The van der Waals surface area contributed by atoms with Crippen molar-refractivity contribution in [3.63, 3.8) is 0 Å². The summed E-state index contributed by atoms with van der Waals surface area (Å²) in [5, 5.41) is 9.14. The molecule has 0 amide bonds. The highest BCUT2D eigenvalue weighted by atomic mass is 16.6. The van der Waals surface area contributed by atoms with E-state index in [9.17, 15) is 0 Å². The fourth-order valence-electron chi connectivity index (χ4n) is 3.46. The number of hydrogen-bond donors (Lipinski definition) is 1. The molecule has 1 N–H and O–H groups in total. The lowest BCUT2D eigenvalue weighted by Gasteiger charge is -2.23. The number of ether oxygens (including phenoxy) is 3. The predicted molar refractivity (Wildman–Crippen MR) is 97.9 cm³/mol. The van der Waals surface area contributed by atoms with Gasteiger partial charge in [-0.15, -0.1) is 0 Å². The van der Waals surface area contributed by atoms with Crippen molar-refractivity contribution in [2.45, 2.75) is 37.8 Å². The molecule has 3 aliphatic rings. The third-order valence-corrected chi connectivity index (χ3v) is 5.03. The van der Waals surface area contributed by atoms with E-state index in [1.165, 1.54) is 11.1 Å². The molecule has 144 valence electrons. The van der Waals surface area contributed by atoms with Crippen LogP contribution in [0, 0.1) is 0 Å². The minimum Gasteiger partial charge on any atom is -0.396 e. The van der Waals surface area contributed by atoms with Crippen LogP contribution >= 0.6 is 0 Å². The molecule has 3 saturated heterocycles. The SMILES string of the molecule is OCCCN(Cc1cccc(CN(CC2CO2)CC2CO2)c1)CC1CO1. The van der Waals surface area contributed by atoms with Crippen LogP contribution in [-0.2, 0) is 27.3 Å². The van der Waals surface area contributed by atoms with Crippen LogP contribution in [0.25, 0.3) is 0 Å². The van der Waals surface area contributed by atoms with E-state index in [4.69, 9.17) is 19.3 Å². The molecule has 3 aliphatic heterocycles. The molecular formula is C20H30N2O4. The van der Waals surface area contributed by atoms with E-state index >= 15 is 0 Å². The van der Waals surface area contributed by atoms with Crippen molar-refractivity contribution in [3.8, 4) is 0 Å². The van der Waals surface area contributed by atoms with Crippen molar-refractivity contribution < 1.29 is 19.3 Å². The molecule has 0 spiro atoms. The standard InChI is InChI=1S/C20H30N2O4/c23-6-2-5-21(10-18-13-24-18)8-16-3-1-4-17(7-16)9-22(11-19-14-25-19)12-20-15-26-20/h1,3-4,7,18-20,23H,2,5-6,8-15H2. The van der Waals surface area contributed by atoms with Crippen molar-refractivity contribution in [1.82, 2.24) is 9.80 Å². The summed E-state index contributed by atoms with van der Waals surface area (Å²) in [4.78, 5) is 4.84. The van der Waals surface area contributed by atoms with Gasteiger partial charge < -0.3 is 19.3 Å². The van der Waals surface area contributed by atoms with Gasteiger partial charge in [-0.1, -0.05) is 24.3 Å². The molecule has 0 saturated carbocycles. The maximum atomic E-state index is 9.14. The minimum absolute atomic E-state index is 0.240. The molecule has 1 aromatic rings. The summed E-state index contributed by atoms with van der Waals surface area (Å²) in [6.45, 7) is 8.59. The molecule has 0 aliphatic carbocycles. The summed E-state index contributed by atoms with van der Waals surface area (Å²) in [6.07, 6.45) is 2.00. The van der Waals surface area contributed by atoms with Gasteiger partial charge in [0.25, 0.3) is 0 Å². The van der Waals surface area contributed by atoms with E-state index in [2.05, 4.69) is 34.1 Å². The summed E-state index contributed by atoms with van der Waals surface area (Å²) < 4.78 is 16.2. The van der Waals surface area contributed by atoms with E-state index < -0.39 is 0 Å². The highest BCUT2D eigenvalue weighted by Gasteiger charge is 2.30. The van der Waals surface area contributed by atoms with E-state index in [0.29, 0.717) is 18.3 Å². The van der Waals surface area contributed by atoms with Gasteiger partial charge in [-0.3, -0.25) is 9.80 Å². The van der Waals surface area contributed by atoms with Crippen LogP contribution in [0.2, 0.25) is 0 Å². The largest absolute Gasteiger partial charge is 0.396 e. The summed E-state index contributed by atoms with van der Waals surface area (Å²) in [6, 6.07) is 8.87. The smallest absolute Gasteiger partial charge is 0.0936 e. The molecule has 3 atom stereocenters. The summed E-state index contributed by atoms with van der Waals surface area (Å²) in [7, 11) is 0. The Morgan fingerprint density at radius 1 is 0.846 bits per heavy atom. The van der Waals surface area contributed by atoms with Crippen LogP contribution in [0.5, 0.6) is 0 Å². The van der Waals surface area contributed by atoms with Crippen molar-refractivity contribution >= 4 is 0 Å².